The van der Waals surface area contributed by atoms with Crippen molar-refractivity contribution in [1.29, 1.82) is 0 Å². The smallest absolute Gasteiger partial charge is 0.256 e. The largest absolute Gasteiger partial charge is 0.453 e. The lowest BCUT2D eigenvalue weighted by atomic mass is 10.1. The molecule has 0 bridgehead atoms. The average Bonchev–Trinajstić information content (AvgIpc) is 3.20. The number of hydrogen-bond donors (Lipinski definition) is 0. The Hall–Kier alpha value is -1.25. The molecule has 0 spiro atoms. The van der Waals surface area contributed by atoms with Gasteiger partial charge in [0.2, 0.25) is 0 Å². The van der Waals surface area contributed by atoms with Crippen molar-refractivity contribution in [3.8, 4) is 0 Å². The summed E-state index contributed by atoms with van der Waals surface area (Å²) in [5, 5.41) is 0. The highest BCUT2D eigenvalue weighted by atomic mass is 32.2. The van der Waals surface area contributed by atoms with E-state index in [1.54, 1.807) is 0 Å². The maximum Gasteiger partial charge on any atom is 0.453 e. The fourth-order valence-electron chi connectivity index (χ4n) is 1.99. The van der Waals surface area contributed by atoms with E-state index in [0.29, 0.717) is 5.69 Å². The van der Waals surface area contributed by atoms with Crippen molar-refractivity contribution in [3.63, 3.8) is 0 Å². The van der Waals surface area contributed by atoms with Crippen molar-refractivity contribution in [2.45, 2.75) is 49.1 Å². The Bertz CT molecular complexity index is 665. The third-order valence-corrected chi connectivity index (χ3v) is 5.27. The van der Waals surface area contributed by atoms with E-state index >= 15 is 0 Å². The van der Waals surface area contributed by atoms with E-state index in [4.69, 9.17) is 0 Å². The molecule has 0 aliphatic heterocycles. The van der Waals surface area contributed by atoms with Crippen LogP contribution in [0.5, 0.6) is 0 Å². The first-order chi connectivity index (χ1) is 9.98. The number of rotatable bonds is 5. The zero-order valence-corrected chi connectivity index (χ0v) is 12.4. The van der Waals surface area contributed by atoms with Gasteiger partial charge in [0.1, 0.15) is 0 Å². The van der Waals surface area contributed by atoms with Crippen molar-refractivity contribution in [3.05, 3.63) is 23.5 Å². The SMILES string of the molecule is CCS(=O)(=O)c1ccc(C2CC2)nc1CC(F)(F)C(F)(F)F. The van der Waals surface area contributed by atoms with E-state index in [1.165, 1.54) is 13.0 Å². The molecular formula is C13H14F5NO2S. The number of alkyl halides is 5. The highest BCUT2D eigenvalue weighted by Gasteiger charge is 2.57. The molecule has 3 nitrogen and oxygen atoms in total. The van der Waals surface area contributed by atoms with Crippen molar-refractivity contribution < 1.29 is 30.4 Å². The molecule has 1 aromatic heterocycles. The topological polar surface area (TPSA) is 47.0 Å². The molecule has 0 radical (unpaired) electrons. The molecule has 0 atom stereocenters. The van der Waals surface area contributed by atoms with Gasteiger partial charge in [0.05, 0.1) is 22.8 Å². The van der Waals surface area contributed by atoms with Gasteiger partial charge in [-0.25, -0.2) is 8.42 Å². The van der Waals surface area contributed by atoms with E-state index in [0.717, 1.165) is 18.9 Å². The van der Waals surface area contributed by atoms with Gasteiger partial charge >= 0.3 is 12.1 Å². The molecule has 0 N–H and O–H groups in total. The van der Waals surface area contributed by atoms with Gasteiger partial charge in [-0.3, -0.25) is 4.98 Å². The first-order valence-corrected chi connectivity index (χ1v) is 8.30. The molecule has 1 aliphatic rings. The summed E-state index contributed by atoms with van der Waals surface area (Å²) in [5.74, 6) is -5.42. The summed E-state index contributed by atoms with van der Waals surface area (Å²) in [6.45, 7) is 1.29. The Morgan fingerprint density at radius 1 is 1.18 bits per heavy atom. The van der Waals surface area contributed by atoms with Crippen LogP contribution in [-0.4, -0.2) is 31.3 Å². The Labute approximate surface area is 124 Å². The zero-order valence-electron chi connectivity index (χ0n) is 11.6. The first kappa shape index (κ1) is 17.1. The minimum atomic E-state index is -5.75. The van der Waals surface area contributed by atoms with Gasteiger partial charge in [0.25, 0.3) is 0 Å². The predicted octanol–water partition coefficient (Wildman–Crippen LogP) is 3.49. The Kier molecular flexibility index (Phi) is 4.23. The third-order valence-electron chi connectivity index (χ3n) is 3.47. The van der Waals surface area contributed by atoms with Gasteiger partial charge in [0.15, 0.2) is 9.84 Å². The van der Waals surface area contributed by atoms with Crippen LogP contribution < -0.4 is 0 Å². The molecular weight excluding hydrogens is 329 g/mol. The van der Waals surface area contributed by atoms with Gasteiger partial charge < -0.3 is 0 Å². The maximum absolute atomic E-state index is 13.3. The van der Waals surface area contributed by atoms with E-state index < -0.39 is 44.7 Å². The summed E-state index contributed by atoms with van der Waals surface area (Å²) < 4.78 is 87.5. The van der Waals surface area contributed by atoms with Gasteiger partial charge in [0, 0.05) is 11.6 Å². The van der Waals surface area contributed by atoms with Crippen molar-refractivity contribution in [1.82, 2.24) is 4.98 Å². The zero-order chi connectivity index (χ0) is 16.8. The Morgan fingerprint density at radius 3 is 2.23 bits per heavy atom. The van der Waals surface area contributed by atoms with Crippen LogP contribution in [0.15, 0.2) is 17.0 Å². The Balaban J connectivity index is 2.48. The summed E-state index contributed by atoms with van der Waals surface area (Å²) in [7, 11) is -3.93. The second-order valence-corrected chi connectivity index (χ2v) is 7.48. The molecule has 1 aromatic rings. The van der Waals surface area contributed by atoms with Crippen LogP contribution in [0.25, 0.3) is 0 Å². The van der Waals surface area contributed by atoms with Gasteiger partial charge in [-0.05, 0) is 25.0 Å². The predicted molar refractivity (Wildman–Crippen MR) is 68.6 cm³/mol. The van der Waals surface area contributed by atoms with Crippen molar-refractivity contribution >= 4 is 9.84 Å². The van der Waals surface area contributed by atoms with Gasteiger partial charge in [-0.1, -0.05) is 6.92 Å². The first-order valence-electron chi connectivity index (χ1n) is 6.65. The van der Waals surface area contributed by atoms with Crippen LogP contribution in [0.1, 0.15) is 37.1 Å². The normalized spacial score (nSPS) is 16.8. The molecule has 1 fully saturated rings. The fourth-order valence-corrected chi connectivity index (χ4v) is 3.05. The van der Waals surface area contributed by atoms with E-state index in [9.17, 15) is 30.4 Å². The average molecular weight is 343 g/mol. The molecule has 0 unspecified atom stereocenters. The summed E-state index contributed by atoms with van der Waals surface area (Å²) in [5.41, 5.74) is -0.350. The second kappa shape index (κ2) is 5.43. The number of aromatic nitrogens is 1. The maximum atomic E-state index is 13.3. The highest BCUT2D eigenvalue weighted by Crippen LogP contribution is 2.42. The van der Waals surface area contributed by atoms with E-state index in [2.05, 4.69) is 4.98 Å². The van der Waals surface area contributed by atoms with Gasteiger partial charge in [-0.2, -0.15) is 22.0 Å². The summed E-state index contributed by atoms with van der Waals surface area (Å²) >= 11 is 0. The number of nitrogens with zero attached hydrogens (tertiary/aromatic N) is 1. The molecule has 0 aromatic carbocycles. The third kappa shape index (κ3) is 3.39. The van der Waals surface area contributed by atoms with Crippen molar-refractivity contribution in [2.24, 2.45) is 0 Å². The van der Waals surface area contributed by atoms with E-state index in [1.807, 2.05) is 0 Å². The molecule has 0 saturated heterocycles. The molecule has 22 heavy (non-hydrogen) atoms. The van der Waals surface area contributed by atoms with Crippen molar-refractivity contribution in [2.75, 3.05) is 5.75 Å². The Morgan fingerprint density at radius 2 is 1.77 bits per heavy atom. The number of halogens is 5. The van der Waals surface area contributed by atoms with Crippen LogP contribution in [0.4, 0.5) is 22.0 Å². The van der Waals surface area contributed by atoms with Crippen LogP contribution in [0.3, 0.4) is 0 Å². The summed E-state index contributed by atoms with van der Waals surface area (Å²) in [4.78, 5) is 3.24. The number of pyridine rings is 1. The molecule has 0 amide bonds. The van der Waals surface area contributed by atoms with Crippen LogP contribution in [0, 0.1) is 0 Å². The molecule has 1 saturated carbocycles. The summed E-state index contributed by atoms with van der Waals surface area (Å²) in [6, 6.07) is 2.47. The number of sulfone groups is 1. The number of hydrogen-bond acceptors (Lipinski definition) is 3. The van der Waals surface area contributed by atoms with E-state index in [-0.39, 0.29) is 5.92 Å². The highest BCUT2D eigenvalue weighted by molar-refractivity contribution is 7.91. The molecule has 124 valence electrons. The summed E-state index contributed by atoms with van der Waals surface area (Å²) in [6.07, 6.45) is -5.99. The van der Waals surface area contributed by atoms with Gasteiger partial charge in [-0.15, -0.1) is 0 Å². The second-order valence-electron chi connectivity index (χ2n) is 5.24. The van der Waals surface area contributed by atoms with Crippen LogP contribution in [-0.2, 0) is 16.3 Å². The lowest BCUT2D eigenvalue weighted by Gasteiger charge is -2.20. The standard InChI is InChI=1S/C13H14F5NO2S/c1-2-22(20,21)11-6-5-9(8-3-4-8)19-10(11)7-12(14,15)13(16,17)18/h5-6,8H,2-4,7H2,1H3. The van der Waals surface area contributed by atoms with Crippen LogP contribution in [0.2, 0.25) is 0 Å². The molecule has 1 heterocycles. The monoisotopic (exact) mass is 343 g/mol. The van der Waals surface area contributed by atoms with Crippen LogP contribution >= 0.6 is 0 Å². The fraction of sp³-hybridized carbons (Fsp3) is 0.615. The molecule has 9 heteroatoms. The lowest BCUT2D eigenvalue weighted by Crippen LogP contribution is -2.39. The quantitative estimate of drug-likeness (QED) is 0.769. The lowest BCUT2D eigenvalue weighted by molar-refractivity contribution is -0.281. The molecule has 1 aliphatic carbocycles. The minimum Gasteiger partial charge on any atom is -0.256 e. The molecule has 2 rings (SSSR count). The minimum absolute atomic E-state index is 0.0108.